The molecule has 17 heavy (non-hydrogen) atoms. The quantitative estimate of drug-likeness (QED) is 0.788. The maximum atomic E-state index is 13.7. The van der Waals surface area contributed by atoms with Crippen LogP contribution in [-0.4, -0.2) is 6.54 Å². The van der Waals surface area contributed by atoms with Crippen LogP contribution in [0.2, 0.25) is 0 Å². The smallest absolute Gasteiger partial charge is 0.131 e. The first-order valence-electron chi connectivity index (χ1n) is 5.84. The fourth-order valence-electron chi connectivity index (χ4n) is 1.71. The Morgan fingerprint density at radius 2 is 2.18 bits per heavy atom. The van der Waals surface area contributed by atoms with Crippen molar-refractivity contribution in [2.45, 2.75) is 19.9 Å². The number of nitrogens with one attached hydrogen (secondary N) is 1. The van der Waals surface area contributed by atoms with E-state index in [2.05, 4.69) is 12.2 Å². The van der Waals surface area contributed by atoms with Crippen molar-refractivity contribution in [2.75, 3.05) is 6.54 Å². The van der Waals surface area contributed by atoms with Gasteiger partial charge in [-0.05, 0) is 42.1 Å². The van der Waals surface area contributed by atoms with Gasteiger partial charge in [0.15, 0.2) is 0 Å². The van der Waals surface area contributed by atoms with E-state index in [0.717, 1.165) is 30.0 Å². The van der Waals surface area contributed by atoms with Crippen molar-refractivity contribution in [2.24, 2.45) is 0 Å². The van der Waals surface area contributed by atoms with E-state index in [-0.39, 0.29) is 5.82 Å². The highest BCUT2D eigenvalue weighted by molar-refractivity contribution is 7.13. The average molecular weight is 249 g/mol. The third kappa shape index (κ3) is 3.14. The van der Waals surface area contributed by atoms with Crippen LogP contribution in [0.4, 0.5) is 4.39 Å². The molecule has 0 atom stereocenters. The highest BCUT2D eigenvalue weighted by Crippen LogP contribution is 2.28. The predicted octanol–water partition coefficient (Wildman–Crippen LogP) is 4.05. The van der Waals surface area contributed by atoms with Gasteiger partial charge in [0.2, 0.25) is 0 Å². The van der Waals surface area contributed by atoms with Crippen LogP contribution in [0.5, 0.6) is 0 Å². The summed E-state index contributed by atoms with van der Waals surface area (Å²) in [6.07, 6.45) is 1.11. The van der Waals surface area contributed by atoms with Crippen LogP contribution in [0.15, 0.2) is 35.7 Å². The van der Waals surface area contributed by atoms with Crippen molar-refractivity contribution < 1.29 is 4.39 Å². The topological polar surface area (TPSA) is 12.0 Å². The summed E-state index contributed by atoms with van der Waals surface area (Å²) in [4.78, 5) is 0.986. The summed E-state index contributed by atoms with van der Waals surface area (Å²) in [5, 5.41) is 5.29. The second-order valence-electron chi connectivity index (χ2n) is 3.97. The van der Waals surface area contributed by atoms with Gasteiger partial charge in [0.25, 0.3) is 0 Å². The molecule has 0 aliphatic rings. The van der Waals surface area contributed by atoms with Crippen LogP contribution in [-0.2, 0) is 6.54 Å². The lowest BCUT2D eigenvalue weighted by Crippen LogP contribution is -2.13. The van der Waals surface area contributed by atoms with Gasteiger partial charge in [0, 0.05) is 17.0 Å². The largest absolute Gasteiger partial charge is 0.313 e. The van der Waals surface area contributed by atoms with Gasteiger partial charge in [-0.15, -0.1) is 11.3 Å². The first kappa shape index (κ1) is 12.3. The number of hydrogen-bond donors (Lipinski definition) is 1. The van der Waals surface area contributed by atoms with Gasteiger partial charge < -0.3 is 5.32 Å². The summed E-state index contributed by atoms with van der Waals surface area (Å²) in [6.45, 7) is 3.92. The van der Waals surface area contributed by atoms with Crippen LogP contribution in [0.25, 0.3) is 10.4 Å². The highest BCUT2D eigenvalue weighted by atomic mass is 32.1. The third-order valence-corrected chi connectivity index (χ3v) is 3.48. The Balaban J connectivity index is 2.18. The maximum absolute atomic E-state index is 13.7. The van der Waals surface area contributed by atoms with E-state index in [0.29, 0.717) is 5.56 Å². The second-order valence-corrected chi connectivity index (χ2v) is 4.92. The van der Waals surface area contributed by atoms with Gasteiger partial charge in [0.05, 0.1) is 0 Å². The first-order chi connectivity index (χ1) is 8.31. The van der Waals surface area contributed by atoms with E-state index in [1.807, 2.05) is 29.6 Å². The molecule has 2 aromatic rings. The lowest BCUT2D eigenvalue weighted by molar-refractivity contribution is 0.628. The van der Waals surface area contributed by atoms with E-state index in [4.69, 9.17) is 0 Å². The number of rotatable bonds is 5. The van der Waals surface area contributed by atoms with E-state index in [1.165, 1.54) is 0 Å². The average Bonchev–Trinajstić information content (AvgIpc) is 2.85. The standard InChI is InChI=1S/C14H16FNS/c1-2-7-16-10-11-5-6-13(15)12(9-11)14-4-3-8-17-14/h3-6,8-9,16H,2,7,10H2,1H3. The van der Waals surface area contributed by atoms with Gasteiger partial charge >= 0.3 is 0 Å². The minimum atomic E-state index is -0.147. The molecule has 1 nitrogen and oxygen atoms in total. The molecule has 0 aliphatic carbocycles. The molecule has 0 bridgehead atoms. The molecule has 0 fully saturated rings. The Hall–Kier alpha value is -1.19. The van der Waals surface area contributed by atoms with Crippen molar-refractivity contribution in [1.82, 2.24) is 5.32 Å². The van der Waals surface area contributed by atoms with Gasteiger partial charge in [0.1, 0.15) is 5.82 Å². The Morgan fingerprint density at radius 3 is 2.88 bits per heavy atom. The fourth-order valence-corrected chi connectivity index (χ4v) is 2.46. The van der Waals surface area contributed by atoms with Gasteiger partial charge in [-0.1, -0.05) is 19.1 Å². The molecule has 1 N–H and O–H groups in total. The predicted molar refractivity (Wildman–Crippen MR) is 71.7 cm³/mol. The highest BCUT2D eigenvalue weighted by Gasteiger charge is 2.06. The molecular weight excluding hydrogens is 233 g/mol. The molecule has 0 aliphatic heterocycles. The molecule has 0 unspecified atom stereocenters. The lowest BCUT2D eigenvalue weighted by Gasteiger charge is -2.06. The van der Waals surface area contributed by atoms with E-state index >= 15 is 0 Å². The molecule has 2 rings (SSSR count). The third-order valence-electron chi connectivity index (χ3n) is 2.57. The fraction of sp³-hybridized carbons (Fsp3) is 0.286. The van der Waals surface area contributed by atoms with Crippen molar-refractivity contribution in [3.63, 3.8) is 0 Å². The molecule has 1 aromatic heterocycles. The Labute approximate surface area is 105 Å². The van der Waals surface area contributed by atoms with E-state index in [9.17, 15) is 4.39 Å². The van der Waals surface area contributed by atoms with Crippen LogP contribution >= 0.6 is 11.3 Å². The minimum absolute atomic E-state index is 0.147. The second kappa shape index (κ2) is 5.94. The van der Waals surface area contributed by atoms with Crippen molar-refractivity contribution in [3.8, 4) is 10.4 Å². The van der Waals surface area contributed by atoms with Gasteiger partial charge in [-0.3, -0.25) is 0 Å². The molecule has 0 amide bonds. The lowest BCUT2D eigenvalue weighted by atomic mass is 10.1. The summed E-state index contributed by atoms with van der Waals surface area (Å²) < 4.78 is 13.7. The van der Waals surface area contributed by atoms with E-state index < -0.39 is 0 Å². The van der Waals surface area contributed by atoms with Crippen LogP contribution in [0.1, 0.15) is 18.9 Å². The molecule has 1 aromatic carbocycles. The summed E-state index contributed by atoms with van der Waals surface area (Å²) in [5.74, 6) is -0.147. The first-order valence-corrected chi connectivity index (χ1v) is 6.72. The molecule has 1 heterocycles. The number of hydrogen-bond acceptors (Lipinski definition) is 2. The zero-order chi connectivity index (χ0) is 12.1. The normalized spacial score (nSPS) is 10.7. The maximum Gasteiger partial charge on any atom is 0.131 e. The molecule has 3 heteroatoms. The molecule has 90 valence electrons. The summed E-state index contributed by atoms with van der Waals surface area (Å²) in [5.41, 5.74) is 1.83. The summed E-state index contributed by atoms with van der Waals surface area (Å²) in [6, 6.07) is 9.23. The zero-order valence-corrected chi connectivity index (χ0v) is 10.7. The molecule has 0 spiro atoms. The zero-order valence-electron chi connectivity index (χ0n) is 9.87. The number of halogens is 1. The van der Waals surface area contributed by atoms with Crippen LogP contribution in [0.3, 0.4) is 0 Å². The van der Waals surface area contributed by atoms with Crippen LogP contribution in [0, 0.1) is 5.82 Å². The SMILES string of the molecule is CCCNCc1ccc(F)c(-c2cccs2)c1. The number of thiophene rings is 1. The molecule has 0 saturated heterocycles. The monoisotopic (exact) mass is 249 g/mol. The molecule has 0 radical (unpaired) electrons. The molecular formula is C14H16FNS. The molecule has 0 saturated carbocycles. The van der Waals surface area contributed by atoms with Crippen molar-refractivity contribution >= 4 is 11.3 Å². The Bertz CT molecular complexity index is 465. The summed E-state index contributed by atoms with van der Waals surface area (Å²) >= 11 is 1.57. The van der Waals surface area contributed by atoms with Crippen molar-refractivity contribution in [1.29, 1.82) is 0 Å². The van der Waals surface area contributed by atoms with E-state index in [1.54, 1.807) is 17.4 Å². The van der Waals surface area contributed by atoms with Crippen LogP contribution < -0.4 is 5.32 Å². The van der Waals surface area contributed by atoms with Gasteiger partial charge in [-0.2, -0.15) is 0 Å². The number of benzene rings is 1. The Kier molecular flexibility index (Phi) is 4.29. The summed E-state index contributed by atoms with van der Waals surface area (Å²) in [7, 11) is 0. The van der Waals surface area contributed by atoms with Gasteiger partial charge in [-0.25, -0.2) is 4.39 Å². The minimum Gasteiger partial charge on any atom is -0.313 e. The Morgan fingerprint density at radius 1 is 1.29 bits per heavy atom. The van der Waals surface area contributed by atoms with Crippen molar-refractivity contribution in [3.05, 3.63) is 47.1 Å².